The maximum absolute atomic E-state index is 12.7. The monoisotopic (exact) mass is 655 g/mol. The Labute approximate surface area is 273 Å². The summed E-state index contributed by atoms with van der Waals surface area (Å²) in [5.41, 5.74) is 6.19. The molecule has 0 heterocycles. The molecule has 3 unspecified atom stereocenters. The fourth-order valence-electron chi connectivity index (χ4n) is 10.8. The predicted molar refractivity (Wildman–Crippen MR) is 179 cm³/mol. The number of rotatable bonds is 17. The van der Waals surface area contributed by atoms with Crippen molar-refractivity contribution in [2.24, 2.45) is 58.0 Å². The van der Waals surface area contributed by atoms with Crippen LogP contribution in [0.1, 0.15) is 118 Å². The smallest absolute Gasteiger partial charge is 0.393 e. The van der Waals surface area contributed by atoms with E-state index in [2.05, 4.69) is 42.5 Å². The van der Waals surface area contributed by atoms with Gasteiger partial charge in [-0.2, -0.15) is 8.42 Å². The lowest BCUT2D eigenvalue weighted by Gasteiger charge is -2.64. The van der Waals surface area contributed by atoms with E-state index in [-0.39, 0.29) is 34.9 Å². The summed E-state index contributed by atoms with van der Waals surface area (Å²) in [6.45, 7) is 14.9. The van der Waals surface area contributed by atoms with Crippen LogP contribution in [0, 0.1) is 52.3 Å². The van der Waals surface area contributed by atoms with Crippen LogP contribution in [0.25, 0.3) is 0 Å². The first-order valence-corrected chi connectivity index (χ1v) is 19.5. The van der Waals surface area contributed by atoms with Gasteiger partial charge in [0.2, 0.25) is 0 Å². The van der Waals surface area contributed by atoms with Gasteiger partial charge in [-0.1, -0.05) is 27.7 Å². The van der Waals surface area contributed by atoms with Gasteiger partial charge < -0.3 is 21.5 Å². The molecular weight excluding hydrogens is 590 g/mol. The molecular formula is C35H65N3O6S. The molecule has 4 aliphatic carbocycles. The van der Waals surface area contributed by atoms with E-state index in [0.29, 0.717) is 41.9 Å². The Hall–Kier alpha value is -0.620. The van der Waals surface area contributed by atoms with Crippen molar-refractivity contribution in [3.63, 3.8) is 0 Å². The summed E-state index contributed by atoms with van der Waals surface area (Å²) >= 11 is 0. The lowest BCUT2D eigenvalue weighted by molar-refractivity contribution is -0.172. The minimum Gasteiger partial charge on any atom is -0.393 e. The number of nitrogens with two attached hydrogens (primary N) is 1. The van der Waals surface area contributed by atoms with Crippen molar-refractivity contribution in [1.82, 2.24) is 10.6 Å². The van der Waals surface area contributed by atoms with E-state index in [1.807, 2.05) is 0 Å². The highest BCUT2D eigenvalue weighted by Crippen LogP contribution is 2.68. The number of aliphatic hydroxyl groups excluding tert-OH is 1. The van der Waals surface area contributed by atoms with Crippen molar-refractivity contribution < 1.29 is 27.1 Å². The number of unbranched alkanes of at least 4 members (excludes halogenated alkanes) is 1. The number of nitrogens with one attached hydrogen (secondary N) is 2. The number of hydrogen-bond donors (Lipinski definition) is 5. The summed E-state index contributed by atoms with van der Waals surface area (Å²) < 4.78 is 35.1. The van der Waals surface area contributed by atoms with Crippen molar-refractivity contribution in [1.29, 1.82) is 0 Å². The molecule has 0 aromatic carbocycles. The SMILES string of the molecule is CC(COS(=O)(=O)O)C(=O)CC[C@@H](C)C1CC[C@H]2[C@@H]3[C@H](O)C[C@H]4CC(C)(NCCCNCCCCN)CC[C@]4(C)[C@H]3CC[C@]12C. The van der Waals surface area contributed by atoms with Crippen LogP contribution in [0.4, 0.5) is 0 Å². The molecule has 0 spiro atoms. The van der Waals surface area contributed by atoms with Gasteiger partial charge in [0, 0.05) is 17.9 Å². The number of ketones is 1. The standard InChI is InChI=1S/C35H65N3O6S/c1-24(9-12-30(39)25(2)23-44-45(41,42)43)27-10-11-28-32-29(13-14-35(27,28)5)34(4)16-15-33(3,22-26(34)21-31(32)40)38-20-8-19-37-18-7-6-17-36/h24-29,31-32,37-38,40H,6-23,36H2,1-5H3,(H,41,42,43)/t24-,25?,26+,27?,28+,29+,31-,32+,33?,34+,35-/m1/s1. The molecule has 0 aliphatic heterocycles. The number of carbonyl (C=O) groups excluding carboxylic acids is 1. The predicted octanol–water partition coefficient (Wildman–Crippen LogP) is 5.12. The van der Waals surface area contributed by atoms with E-state index >= 15 is 0 Å². The highest BCUT2D eigenvalue weighted by molar-refractivity contribution is 7.80. The summed E-state index contributed by atoms with van der Waals surface area (Å²) in [4.78, 5) is 12.7. The lowest BCUT2D eigenvalue weighted by Crippen LogP contribution is -2.61. The van der Waals surface area contributed by atoms with Crippen molar-refractivity contribution in [3.05, 3.63) is 0 Å². The number of hydrogen-bond acceptors (Lipinski definition) is 8. The quantitative estimate of drug-likeness (QED) is 0.106. The first-order chi connectivity index (χ1) is 21.1. The number of Topliss-reactive ketones (excluding diaryl/α,β-unsaturated/α-hetero) is 1. The zero-order valence-corrected chi connectivity index (χ0v) is 29.7. The molecule has 4 rings (SSSR count). The van der Waals surface area contributed by atoms with Crippen LogP contribution in [0.15, 0.2) is 0 Å². The Morgan fingerprint density at radius 1 is 0.978 bits per heavy atom. The highest BCUT2D eigenvalue weighted by Gasteiger charge is 2.63. The largest absolute Gasteiger partial charge is 0.397 e. The van der Waals surface area contributed by atoms with Gasteiger partial charge in [0.1, 0.15) is 5.78 Å². The zero-order valence-electron chi connectivity index (χ0n) is 28.9. The third-order valence-electron chi connectivity index (χ3n) is 13.5. The summed E-state index contributed by atoms with van der Waals surface area (Å²) in [5.74, 6) is 2.31. The first kappa shape index (κ1) is 37.2. The molecule has 6 N–H and O–H groups in total. The summed E-state index contributed by atoms with van der Waals surface area (Å²) in [7, 11) is -4.54. The fraction of sp³-hybridized carbons (Fsp3) is 0.971. The second-order valence-corrected chi connectivity index (χ2v) is 17.5. The van der Waals surface area contributed by atoms with Crippen LogP contribution < -0.4 is 16.4 Å². The number of carbonyl (C=O) groups is 1. The van der Waals surface area contributed by atoms with Crippen LogP contribution >= 0.6 is 0 Å². The average molecular weight is 656 g/mol. The van der Waals surface area contributed by atoms with Crippen LogP contribution in [0.3, 0.4) is 0 Å². The van der Waals surface area contributed by atoms with Crippen LogP contribution in [0.5, 0.6) is 0 Å². The number of aliphatic hydroxyl groups is 1. The Balaban J connectivity index is 1.31. The topological polar surface area (TPSA) is 151 Å². The molecule has 4 fully saturated rings. The summed E-state index contributed by atoms with van der Waals surface area (Å²) in [5, 5.41) is 19.3. The fourth-order valence-corrected chi connectivity index (χ4v) is 11.2. The van der Waals surface area contributed by atoms with Crippen molar-refractivity contribution >= 4 is 16.2 Å². The van der Waals surface area contributed by atoms with Gasteiger partial charge in [-0.25, -0.2) is 4.18 Å². The third kappa shape index (κ3) is 8.70. The molecule has 0 saturated heterocycles. The van der Waals surface area contributed by atoms with Gasteiger partial charge in [-0.15, -0.1) is 0 Å². The van der Waals surface area contributed by atoms with Crippen LogP contribution in [-0.2, 0) is 19.4 Å². The van der Waals surface area contributed by atoms with E-state index in [9.17, 15) is 18.3 Å². The minimum atomic E-state index is -4.54. The Morgan fingerprint density at radius 2 is 1.69 bits per heavy atom. The van der Waals surface area contributed by atoms with E-state index in [0.717, 1.165) is 77.5 Å². The molecule has 0 radical (unpaired) electrons. The van der Waals surface area contributed by atoms with Crippen molar-refractivity contribution in [2.75, 3.05) is 32.8 Å². The van der Waals surface area contributed by atoms with E-state index < -0.39 is 16.3 Å². The normalized spacial score (nSPS) is 39.5. The zero-order chi connectivity index (χ0) is 33.0. The lowest BCUT2D eigenvalue weighted by atomic mass is 9.43. The van der Waals surface area contributed by atoms with Crippen molar-refractivity contribution in [2.45, 2.75) is 130 Å². The summed E-state index contributed by atoms with van der Waals surface area (Å²) in [6, 6.07) is 0. The van der Waals surface area contributed by atoms with E-state index in [4.69, 9.17) is 10.3 Å². The van der Waals surface area contributed by atoms with Crippen LogP contribution in [0.2, 0.25) is 0 Å². The molecule has 0 bridgehead atoms. The minimum absolute atomic E-state index is 0.0237. The maximum atomic E-state index is 12.7. The first-order valence-electron chi connectivity index (χ1n) is 18.1. The maximum Gasteiger partial charge on any atom is 0.397 e. The Kier molecular flexibility index (Phi) is 12.6. The highest BCUT2D eigenvalue weighted by atomic mass is 32.3. The van der Waals surface area contributed by atoms with Crippen LogP contribution in [-0.4, -0.2) is 68.3 Å². The molecule has 10 heteroatoms. The number of fused-ring (bicyclic) bond motifs is 5. The van der Waals surface area contributed by atoms with E-state index in [1.165, 1.54) is 25.7 Å². The molecule has 4 aliphatic rings. The Morgan fingerprint density at radius 3 is 2.40 bits per heavy atom. The average Bonchev–Trinajstić information content (AvgIpc) is 3.33. The van der Waals surface area contributed by atoms with Gasteiger partial charge in [-0.05, 0) is 156 Å². The summed E-state index contributed by atoms with van der Waals surface area (Å²) in [6.07, 6.45) is 13.5. The molecule has 0 aromatic rings. The van der Waals surface area contributed by atoms with E-state index in [1.54, 1.807) is 6.92 Å². The molecule has 4 saturated carbocycles. The molecule has 262 valence electrons. The second kappa shape index (κ2) is 15.3. The Bertz CT molecular complexity index is 1090. The van der Waals surface area contributed by atoms with Gasteiger partial charge in [0.15, 0.2) is 0 Å². The molecule has 0 amide bonds. The third-order valence-corrected chi connectivity index (χ3v) is 13.9. The van der Waals surface area contributed by atoms with Crippen molar-refractivity contribution in [3.8, 4) is 0 Å². The van der Waals surface area contributed by atoms with Gasteiger partial charge in [-0.3, -0.25) is 9.35 Å². The van der Waals surface area contributed by atoms with Gasteiger partial charge >= 0.3 is 10.4 Å². The molecule has 0 aromatic heterocycles. The molecule has 9 nitrogen and oxygen atoms in total. The molecule has 11 atom stereocenters. The second-order valence-electron chi connectivity index (χ2n) is 16.4. The van der Waals surface area contributed by atoms with Gasteiger partial charge in [0.25, 0.3) is 0 Å². The molecule has 45 heavy (non-hydrogen) atoms. The van der Waals surface area contributed by atoms with Gasteiger partial charge in [0.05, 0.1) is 12.7 Å².